The van der Waals surface area contributed by atoms with Crippen LogP contribution in [0, 0.1) is 11.8 Å². The van der Waals surface area contributed by atoms with Crippen molar-refractivity contribution in [2.45, 2.75) is 37.8 Å². The lowest BCUT2D eigenvalue weighted by Gasteiger charge is -2.36. The molecule has 0 fully saturated rings. The fourth-order valence-electron chi connectivity index (χ4n) is 7.83. The SMILES string of the molecule is COc1cc2c(cc1OCCCC(=O)N1C[C@@H](CCl)c3c1cc(OP(=O)(O)O)c1ccccc31)N(C(=O)O)C(O)[C@@H]1Cc3ccccc3CC1C2=O. The fourth-order valence-corrected chi connectivity index (χ4v) is 8.49. The standard InChI is InChI=1S/C37H36ClN2O11P/c1-49-31-15-27-28(40(37(44)45)36(43)26-14-21-8-3-2-7-20(21)13-25(26)35(27)42)16-32(31)50-12-6-11-33(41)39-19-22(18-38)34-24-10-5-4-9-23(24)30(17-29(34)39)51-52(46,47)48/h2-5,7-10,15-17,22,25-26,36,43H,6,11-14,18-19H2,1H3,(H,44,45)(H2,46,47,48)/t22-,25?,26-,36?/m1/s1. The van der Waals surface area contributed by atoms with E-state index in [4.69, 9.17) is 25.6 Å². The van der Waals surface area contributed by atoms with Crippen molar-refractivity contribution in [3.05, 3.63) is 89.0 Å². The number of phosphoric acid groups is 1. The summed E-state index contributed by atoms with van der Waals surface area (Å²) in [6.45, 7) is 0.268. The minimum absolute atomic E-state index is 0.00887. The molecular formula is C37H36ClN2O11P. The maximum atomic E-state index is 14.0. The molecule has 0 saturated heterocycles. The molecule has 0 bridgehead atoms. The molecule has 2 amide bonds. The number of aliphatic hydroxyl groups excluding tert-OH is 1. The molecule has 2 heterocycles. The lowest BCUT2D eigenvalue weighted by atomic mass is 9.72. The molecule has 0 saturated carbocycles. The number of halogens is 1. The molecule has 7 rings (SSSR count). The predicted octanol–water partition coefficient (Wildman–Crippen LogP) is 5.88. The van der Waals surface area contributed by atoms with E-state index in [0.717, 1.165) is 21.6 Å². The summed E-state index contributed by atoms with van der Waals surface area (Å²) in [6.07, 6.45) is -1.98. The number of aliphatic hydroxyl groups is 1. The third-order valence-corrected chi connectivity index (χ3v) is 11.0. The van der Waals surface area contributed by atoms with E-state index in [1.54, 1.807) is 24.3 Å². The topological polar surface area (TPSA) is 183 Å². The van der Waals surface area contributed by atoms with Crippen LogP contribution in [0.4, 0.5) is 16.2 Å². The van der Waals surface area contributed by atoms with Gasteiger partial charge in [-0.1, -0.05) is 48.5 Å². The van der Waals surface area contributed by atoms with Gasteiger partial charge in [-0.3, -0.25) is 24.3 Å². The van der Waals surface area contributed by atoms with Crippen LogP contribution in [0.25, 0.3) is 10.8 Å². The number of methoxy groups -OCH3 is 1. The van der Waals surface area contributed by atoms with Crippen LogP contribution in [-0.4, -0.2) is 70.2 Å². The molecule has 4 aromatic carbocycles. The van der Waals surface area contributed by atoms with Gasteiger partial charge in [-0.25, -0.2) is 9.36 Å². The minimum atomic E-state index is -4.91. The van der Waals surface area contributed by atoms with Crippen LogP contribution in [-0.2, 0) is 22.2 Å². The molecule has 2 aliphatic heterocycles. The molecule has 1 aliphatic carbocycles. The molecular weight excluding hydrogens is 715 g/mol. The smallest absolute Gasteiger partial charge is 0.493 e. The van der Waals surface area contributed by atoms with E-state index in [9.17, 15) is 38.9 Å². The van der Waals surface area contributed by atoms with Crippen molar-refractivity contribution in [2.75, 3.05) is 35.9 Å². The van der Waals surface area contributed by atoms with Gasteiger partial charge >= 0.3 is 13.9 Å². The Morgan fingerprint density at radius 2 is 1.62 bits per heavy atom. The van der Waals surface area contributed by atoms with Crippen molar-refractivity contribution in [2.24, 2.45) is 11.8 Å². The number of ether oxygens (including phenoxy) is 2. The first kappa shape index (κ1) is 35.7. The number of carbonyl (C=O) groups excluding carboxylic acids is 2. The lowest BCUT2D eigenvalue weighted by molar-refractivity contribution is -0.118. The highest BCUT2D eigenvalue weighted by Gasteiger charge is 2.46. The largest absolute Gasteiger partial charge is 0.524 e. The Morgan fingerprint density at radius 3 is 2.29 bits per heavy atom. The Hall–Kier alpha value is -4.65. The van der Waals surface area contributed by atoms with Crippen molar-refractivity contribution in [1.29, 1.82) is 0 Å². The van der Waals surface area contributed by atoms with E-state index in [2.05, 4.69) is 0 Å². The van der Waals surface area contributed by atoms with E-state index >= 15 is 0 Å². The van der Waals surface area contributed by atoms with Crippen molar-refractivity contribution >= 4 is 59.4 Å². The maximum absolute atomic E-state index is 14.0. The van der Waals surface area contributed by atoms with Gasteiger partial charge in [0.05, 0.1) is 25.1 Å². The van der Waals surface area contributed by atoms with E-state index in [1.807, 2.05) is 24.3 Å². The van der Waals surface area contributed by atoms with Crippen LogP contribution in [0.5, 0.6) is 17.2 Å². The zero-order valence-electron chi connectivity index (χ0n) is 28.0. The molecule has 4 atom stereocenters. The normalized spacial score (nSPS) is 20.8. The number of alkyl halides is 1. The highest BCUT2D eigenvalue weighted by atomic mass is 35.5. The Balaban J connectivity index is 1.11. The number of carbonyl (C=O) groups is 3. The predicted molar refractivity (Wildman–Crippen MR) is 192 cm³/mol. The average Bonchev–Trinajstić information content (AvgIpc) is 3.47. The van der Waals surface area contributed by atoms with Crippen LogP contribution in [0.1, 0.15) is 45.8 Å². The Bertz CT molecular complexity index is 2140. The van der Waals surface area contributed by atoms with E-state index in [1.165, 1.54) is 30.2 Å². The number of nitrogens with zero attached hydrogens (tertiary/aromatic N) is 2. The number of phosphoric ester groups is 1. The van der Waals surface area contributed by atoms with Crippen molar-refractivity contribution in [3.63, 3.8) is 0 Å². The zero-order chi connectivity index (χ0) is 36.9. The quantitative estimate of drug-likeness (QED) is 0.0911. The number of anilines is 2. The summed E-state index contributed by atoms with van der Waals surface area (Å²) in [5, 5.41) is 22.9. The second-order valence-corrected chi connectivity index (χ2v) is 14.6. The van der Waals surface area contributed by atoms with Gasteiger partial charge in [-0.2, -0.15) is 0 Å². The number of rotatable bonds is 9. The maximum Gasteiger partial charge on any atom is 0.524 e. The number of ketones is 1. The van der Waals surface area contributed by atoms with Crippen LogP contribution in [0.15, 0.2) is 66.7 Å². The summed E-state index contributed by atoms with van der Waals surface area (Å²) in [5.74, 6) is -1.65. The van der Waals surface area contributed by atoms with Gasteiger partial charge in [0.2, 0.25) is 5.91 Å². The third-order valence-electron chi connectivity index (χ3n) is 10.2. The molecule has 2 unspecified atom stereocenters. The Kier molecular flexibility index (Phi) is 9.66. The summed E-state index contributed by atoms with van der Waals surface area (Å²) in [5.41, 5.74) is 3.26. The molecule has 272 valence electrons. The molecule has 15 heteroatoms. The van der Waals surface area contributed by atoms with Gasteiger partial charge < -0.3 is 29.1 Å². The lowest BCUT2D eigenvalue weighted by Crippen LogP contribution is -2.48. The Labute approximate surface area is 303 Å². The van der Waals surface area contributed by atoms with Crippen LogP contribution < -0.4 is 23.8 Å². The van der Waals surface area contributed by atoms with Gasteiger partial charge in [-0.05, 0) is 47.4 Å². The molecule has 0 spiro atoms. The highest BCUT2D eigenvalue weighted by molar-refractivity contribution is 7.46. The molecule has 3 aliphatic rings. The Morgan fingerprint density at radius 1 is 0.942 bits per heavy atom. The number of amides is 2. The van der Waals surface area contributed by atoms with Crippen LogP contribution in [0.2, 0.25) is 0 Å². The number of benzene rings is 4. The summed E-state index contributed by atoms with van der Waals surface area (Å²) in [7, 11) is -3.51. The van der Waals surface area contributed by atoms with E-state index < -0.39 is 32.0 Å². The van der Waals surface area contributed by atoms with Crippen molar-refractivity contribution in [1.82, 2.24) is 0 Å². The third kappa shape index (κ3) is 6.48. The van der Waals surface area contributed by atoms with Gasteiger partial charge in [0, 0.05) is 59.7 Å². The average molecular weight is 751 g/mol. The summed E-state index contributed by atoms with van der Waals surface area (Å²) >= 11 is 6.34. The second-order valence-electron chi connectivity index (χ2n) is 13.1. The first-order chi connectivity index (χ1) is 24.9. The molecule has 4 aromatic rings. The number of hydrogen-bond acceptors (Lipinski definition) is 8. The van der Waals surface area contributed by atoms with Gasteiger partial charge in [0.15, 0.2) is 17.3 Å². The monoisotopic (exact) mass is 750 g/mol. The first-order valence-electron chi connectivity index (χ1n) is 16.7. The number of carboxylic acid groups (broad SMARTS) is 1. The summed E-state index contributed by atoms with van der Waals surface area (Å²) in [6, 6.07) is 18.9. The molecule has 0 radical (unpaired) electrons. The number of Topliss-reactive ketones (excluding diaryl/α,β-unsaturated/α-hetero) is 1. The van der Waals surface area contributed by atoms with Gasteiger partial charge in [-0.15, -0.1) is 11.6 Å². The van der Waals surface area contributed by atoms with Crippen molar-refractivity contribution in [3.8, 4) is 17.2 Å². The first-order valence-corrected chi connectivity index (χ1v) is 18.8. The molecule has 4 N–H and O–H groups in total. The summed E-state index contributed by atoms with van der Waals surface area (Å²) < 4.78 is 28.4. The second kappa shape index (κ2) is 14.1. The van der Waals surface area contributed by atoms with Gasteiger partial charge in [0.25, 0.3) is 0 Å². The molecule has 52 heavy (non-hydrogen) atoms. The minimum Gasteiger partial charge on any atom is -0.493 e. The van der Waals surface area contributed by atoms with Crippen LogP contribution >= 0.6 is 19.4 Å². The van der Waals surface area contributed by atoms with Gasteiger partial charge in [0.1, 0.15) is 12.0 Å². The number of fused-ring (bicyclic) bond motifs is 6. The molecule has 0 aromatic heterocycles. The van der Waals surface area contributed by atoms with Crippen molar-refractivity contribution < 1.29 is 52.9 Å². The van der Waals surface area contributed by atoms with E-state index in [0.29, 0.717) is 29.3 Å². The van der Waals surface area contributed by atoms with Crippen LogP contribution in [0.3, 0.4) is 0 Å². The summed E-state index contributed by atoms with van der Waals surface area (Å²) in [4.78, 5) is 61.7. The molecule has 13 nitrogen and oxygen atoms in total. The zero-order valence-corrected chi connectivity index (χ0v) is 29.6. The fraction of sp³-hybridized carbons (Fsp3) is 0.324. The highest BCUT2D eigenvalue weighted by Crippen LogP contribution is 2.49. The number of hydrogen-bond donors (Lipinski definition) is 4. The van der Waals surface area contributed by atoms with E-state index in [-0.39, 0.29) is 78.0 Å².